The average molecular weight is 489 g/mol. The maximum Gasteiger partial charge on any atom is 0.0628 e. The Balaban J connectivity index is 0.000000167. The SMILES string of the molecule is C.C=C(c1ccccc1)C(C)N1CCCN2CCCC21.c1ccc(CN2CCCN3CCCC32)cc1. The van der Waals surface area contributed by atoms with Crippen LogP contribution in [0.2, 0.25) is 0 Å². The van der Waals surface area contributed by atoms with Gasteiger partial charge in [-0.2, -0.15) is 0 Å². The molecule has 4 nitrogen and oxygen atoms in total. The quantitative estimate of drug-likeness (QED) is 0.499. The average Bonchev–Trinajstić information content (AvgIpc) is 3.59. The van der Waals surface area contributed by atoms with Crippen molar-refractivity contribution >= 4 is 5.57 Å². The molecule has 0 saturated carbocycles. The zero-order valence-corrected chi connectivity index (χ0v) is 21.7. The summed E-state index contributed by atoms with van der Waals surface area (Å²) >= 11 is 0. The van der Waals surface area contributed by atoms with Gasteiger partial charge in [-0.3, -0.25) is 19.6 Å². The van der Waals surface area contributed by atoms with E-state index in [-0.39, 0.29) is 7.43 Å². The molecule has 0 amide bonds. The van der Waals surface area contributed by atoms with Crippen LogP contribution in [0.15, 0.2) is 67.2 Å². The molecule has 196 valence electrons. The summed E-state index contributed by atoms with van der Waals surface area (Å²) in [6.07, 6.45) is 9.45. The minimum atomic E-state index is 0. The topological polar surface area (TPSA) is 13.0 Å². The van der Waals surface area contributed by atoms with Crippen LogP contribution in [-0.4, -0.2) is 77.2 Å². The lowest BCUT2D eigenvalue weighted by Gasteiger charge is -2.44. The zero-order valence-electron chi connectivity index (χ0n) is 21.7. The van der Waals surface area contributed by atoms with E-state index in [9.17, 15) is 0 Å². The lowest BCUT2D eigenvalue weighted by Crippen LogP contribution is -2.53. The monoisotopic (exact) mass is 488 g/mol. The van der Waals surface area contributed by atoms with Gasteiger partial charge < -0.3 is 0 Å². The van der Waals surface area contributed by atoms with Crippen molar-refractivity contribution in [2.45, 2.75) is 77.8 Å². The molecule has 0 radical (unpaired) electrons. The first-order chi connectivity index (χ1) is 17.2. The molecule has 0 spiro atoms. The lowest BCUT2D eigenvalue weighted by atomic mass is 9.98. The number of hydrogen-bond donors (Lipinski definition) is 0. The summed E-state index contributed by atoms with van der Waals surface area (Å²) in [5.74, 6) is 0. The van der Waals surface area contributed by atoms with Crippen molar-refractivity contribution in [3.63, 3.8) is 0 Å². The van der Waals surface area contributed by atoms with Gasteiger partial charge in [-0.1, -0.05) is 74.7 Å². The van der Waals surface area contributed by atoms with Crippen LogP contribution < -0.4 is 0 Å². The summed E-state index contributed by atoms with van der Waals surface area (Å²) in [7, 11) is 0. The first-order valence-electron chi connectivity index (χ1n) is 14.0. The Kier molecular flexibility index (Phi) is 9.78. The highest BCUT2D eigenvalue weighted by Crippen LogP contribution is 2.31. The summed E-state index contributed by atoms with van der Waals surface area (Å²) < 4.78 is 0. The minimum Gasteiger partial charge on any atom is -0.288 e. The summed E-state index contributed by atoms with van der Waals surface area (Å²) in [4.78, 5) is 10.6. The van der Waals surface area contributed by atoms with Crippen LogP contribution in [0, 0.1) is 0 Å². The van der Waals surface area contributed by atoms with Crippen molar-refractivity contribution in [2.24, 2.45) is 0 Å². The van der Waals surface area contributed by atoms with Crippen LogP contribution in [0.1, 0.15) is 64.0 Å². The molecule has 3 unspecified atom stereocenters. The predicted molar refractivity (Wildman–Crippen MR) is 154 cm³/mol. The summed E-state index contributed by atoms with van der Waals surface area (Å²) in [5, 5.41) is 0. The molecule has 4 aliphatic heterocycles. The number of rotatable bonds is 5. The Bertz CT molecular complexity index is 930. The third-order valence-electron chi connectivity index (χ3n) is 8.59. The van der Waals surface area contributed by atoms with E-state index in [1.54, 1.807) is 0 Å². The largest absolute Gasteiger partial charge is 0.288 e. The van der Waals surface area contributed by atoms with Gasteiger partial charge in [0.2, 0.25) is 0 Å². The molecule has 2 aromatic carbocycles. The van der Waals surface area contributed by atoms with Crippen LogP contribution in [0.25, 0.3) is 5.57 Å². The molecule has 4 saturated heterocycles. The first-order valence-corrected chi connectivity index (χ1v) is 14.0. The molecule has 3 atom stereocenters. The fourth-order valence-electron chi connectivity index (χ4n) is 6.71. The van der Waals surface area contributed by atoms with E-state index in [0.29, 0.717) is 12.2 Å². The van der Waals surface area contributed by atoms with Crippen LogP contribution in [0.5, 0.6) is 0 Å². The fourth-order valence-corrected chi connectivity index (χ4v) is 6.71. The van der Waals surface area contributed by atoms with Gasteiger partial charge in [-0.15, -0.1) is 0 Å². The maximum absolute atomic E-state index is 4.35. The number of hydrogen-bond acceptors (Lipinski definition) is 4. The van der Waals surface area contributed by atoms with E-state index in [1.807, 2.05) is 0 Å². The normalized spacial score (nSPS) is 25.7. The standard InChI is InChI=1S/C17H24N2.C14H20N2.CH4/c1-14(16-8-4-3-5-9-16)15(2)19-13-7-12-18-11-6-10-17(18)19;1-2-6-13(7-3-1)12-16-11-5-10-15-9-4-8-14(15)16;/h3-5,8-9,15,17H,1,6-7,10-13H2,2H3;1-3,6-7,14H,4-5,8-12H2;1H4. The molecule has 0 aromatic heterocycles. The molecule has 0 N–H and O–H groups in total. The molecule has 36 heavy (non-hydrogen) atoms. The van der Waals surface area contributed by atoms with Gasteiger partial charge >= 0.3 is 0 Å². The van der Waals surface area contributed by atoms with Gasteiger partial charge in [-0.05, 0) is 75.2 Å². The molecule has 6 rings (SSSR count). The van der Waals surface area contributed by atoms with Gasteiger partial charge in [0.15, 0.2) is 0 Å². The van der Waals surface area contributed by atoms with Crippen molar-refractivity contribution < 1.29 is 0 Å². The third kappa shape index (κ3) is 6.28. The van der Waals surface area contributed by atoms with E-state index in [1.165, 1.54) is 94.5 Å². The summed E-state index contributed by atoms with van der Waals surface area (Å²) in [6.45, 7) is 15.5. The molecule has 4 aliphatic rings. The Morgan fingerprint density at radius 2 is 1.31 bits per heavy atom. The van der Waals surface area contributed by atoms with Gasteiger partial charge in [0.25, 0.3) is 0 Å². The van der Waals surface area contributed by atoms with Crippen LogP contribution >= 0.6 is 0 Å². The highest BCUT2D eigenvalue weighted by atomic mass is 15.4. The Labute approximate surface area is 220 Å². The van der Waals surface area contributed by atoms with Gasteiger partial charge in [0.1, 0.15) is 0 Å². The van der Waals surface area contributed by atoms with Crippen molar-refractivity contribution in [1.82, 2.24) is 19.6 Å². The number of benzene rings is 2. The first kappa shape index (κ1) is 27.1. The molecule has 4 heterocycles. The second kappa shape index (κ2) is 13.0. The highest BCUT2D eigenvalue weighted by molar-refractivity contribution is 5.67. The molecule has 0 aliphatic carbocycles. The van der Waals surface area contributed by atoms with Crippen molar-refractivity contribution in [2.75, 3.05) is 39.3 Å². The van der Waals surface area contributed by atoms with E-state index < -0.39 is 0 Å². The second-order valence-corrected chi connectivity index (χ2v) is 10.8. The van der Waals surface area contributed by atoms with Crippen molar-refractivity contribution in [3.05, 3.63) is 78.4 Å². The lowest BCUT2D eigenvalue weighted by molar-refractivity contribution is 0.0226. The van der Waals surface area contributed by atoms with Crippen LogP contribution in [0.4, 0.5) is 0 Å². The molecular formula is C32H48N4. The van der Waals surface area contributed by atoms with Crippen molar-refractivity contribution in [1.29, 1.82) is 0 Å². The summed E-state index contributed by atoms with van der Waals surface area (Å²) in [5.41, 5.74) is 4.00. The fraction of sp³-hybridized carbons (Fsp3) is 0.562. The molecule has 0 bridgehead atoms. The minimum absolute atomic E-state index is 0. The van der Waals surface area contributed by atoms with Gasteiger partial charge in [-0.25, -0.2) is 0 Å². The maximum atomic E-state index is 4.35. The molecule has 4 heteroatoms. The van der Waals surface area contributed by atoms with Crippen molar-refractivity contribution in [3.8, 4) is 0 Å². The smallest absolute Gasteiger partial charge is 0.0628 e. The van der Waals surface area contributed by atoms with Crippen LogP contribution in [0.3, 0.4) is 0 Å². The number of nitrogens with zero attached hydrogens (tertiary/aromatic N) is 4. The Morgan fingerprint density at radius 3 is 2.00 bits per heavy atom. The van der Waals surface area contributed by atoms with Gasteiger partial charge in [0, 0.05) is 38.8 Å². The van der Waals surface area contributed by atoms with E-state index >= 15 is 0 Å². The Hall–Kier alpha value is -1.98. The van der Waals surface area contributed by atoms with E-state index in [2.05, 4.69) is 93.8 Å². The van der Waals surface area contributed by atoms with E-state index in [4.69, 9.17) is 0 Å². The second-order valence-electron chi connectivity index (χ2n) is 10.8. The van der Waals surface area contributed by atoms with Gasteiger partial charge in [0.05, 0.1) is 12.3 Å². The summed E-state index contributed by atoms with van der Waals surface area (Å²) in [6, 6.07) is 21.9. The van der Waals surface area contributed by atoms with E-state index in [0.717, 1.165) is 12.7 Å². The molecular weight excluding hydrogens is 440 g/mol. The predicted octanol–water partition coefficient (Wildman–Crippen LogP) is 6.17. The molecule has 4 fully saturated rings. The number of fused-ring (bicyclic) bond motifs is 2. The third-order valence-corrected chi connectivity index (χ3v) is 8.59. The highest BCUT2D eigenvalue weighted by Gasteiger charge is 2.36. The zero-order chi connectivity index (χ0) is 24.0. The molecule has 2 aromatic rings. The Morgan fingerprint density at radius 1 is 0.750 bits per heavy atom. The van der Waals surface area contributed by atoms with Crippen LogP contribution in [-0.2, 0) is 6.54 Å².